The van der Waals surface area contributed by atoms with Crippen molar-refractivity contribution >= 4 is 39.5 Å². The fourth-order valence-corrected chi connectivity index (χ4v) is 6.03. The third-order valence-electron chi connectivity index (χ3n) is 6.65. The number of fused-ring (bicyclic) bond motifs is 1. The first-order valence-electron chi connectivity index (χ1n) is 11.8. The van der Waals surface area contributed by atoms with Gasteiger partial charge in [-0.05, 0) is 51.5 Å². The Labute approximate surface area is 197 Å². The molecule has 2 aromatic heterocycles. The van der Waals surface area contributed by atoms with Crippen molar-refractivity contribution in [3.05, 3.63) is 16.6 Å². The van der Waals surface area contributed by atoms with Crippen molar-refractivity contribution in [1.82, 2.24) is 25.5 Å². The Kier molecular flexibility index (Phi) is 7.21. The SMILES string of the molecule is CC(=O)ON(C)C(=O)NC1CCC(NC(=O)c2cc3c(C)nn(C4CCCCC4)c3s2)CC1. The number of amides is 3. The Morgan fingerprint density at radius 2 is 1.70 bits per heavy atom. The zero-order valence-corrected chi connectivity index (χ0v) is 20.4. The molecule has 0 aromatic carbocycles. The minimum atomic E-state index is -0.540. The zero-order valence-electron chi connectivity index (χ0n) is 19.6. The van der Waals surface area contributed by atoms with Gasteiger partial charge < -0.3 is 15.5 Å². The molecule has 33 heavy (non-hydrogen) atoms. The number of rotatable bonds is 4. The van der Waals surface area contributed by atoms with Gasteiger partial charge >= 0.3 is 12.0 Å². The first-order chi connectivity index (χ1) is 15.8. The molecular weight excluding hydrogens is 442 g/mol. The summed E-state index contributed by atoms with van der Waals surface area (Å²) in [4.78, 5) is 42.6. The summed E-state index contributed by atoms with van der Waals surface area (Å²) in [6, 6.07) is 2.06. The maximum Gasteiger partial charge on any atom is 0.350 e. The zero-order chi connectivity index (χ0) is 23.5. The van der Waals surface area contributed by atoms with Gasteiger partial charge in [0.15, 0.2) is 0 Å². The minimum Gasteiger partial charge on any atom is -0.349 e. The molecule has 2 aliphatic rings. The lowest BCUT2D eigenvalue weighted by Gasteiger charge is -2.30. The van der Waals surface area contributed by atoms with Crippen LogP contribution in [0, 0.1) is 6.92 Å². The average Bonchev–Trinajstić information content (AvgIpc) is 3.36. The standard InChI is InChI=1S/C23H33N5O4S/c1-14-19-13-20(33-22(19)28(26-14)18-7-5-4-6-8-18)21(30)24-16-9-11-17(12-10-16)25-23(31)27(3)32-15(2)29/h13,16-18H,4-12H2,1-3H3,(H,24,30)(H,25,31). The van der Waals surface area contributed by atoms with E-state index >= 15 is 0 Å². The summed E-state index contributed by atoms with van der Waals surface area (Å²) < 4.78 is 2.16. The quantitative estimate of drug-likeness (QED) is 0.649. The summed E-state index contributed by atoms with van der Waals surface area (Å²) >= 11 is 1.54. The van der Waals surface area contributed by atoms with Gasteiger partial charge in [0.1, 0.15) is 4.83 Å². The van der Waals surface area contributed by atoms with Gasteiger partial charge in [0.25, 0.3) is 5.91 Å². The molecule has 0 atom stereocenters. The van der Waals surface area contributed by atoms with Crippen LogP contribution in [0.5, 0.6) is 0 Å². The molecular formula is C23H33N5O4S. The molecule has 0 aliphatic heterocycles. The smallest absolute Gasteiger partial charge is 0.349 e. The highest BCUT2D eigenvalue weighted by molar-refractivity contribution is 7.20. The van der Waals surface area contributed by atoms with Gasteiger partial charge in [-0.2, -0.15) is 10.2 Å². The van der Waals surface area contributed by atoms with Gasteiger partial charge in [0.05, 0.1) is 23.7 Å². The molecule has 3 amide bonds. The lowest BCUT2D eigenvalue weighted by molar-refractivity contribution is -0.169. The summed E-state index contributed by atoms with van der Waals surface area (Å²) in [6.07, 6.45) is 9.19. The van der Waals surface area contributed by atoms with Crippen LogP contribution in [-0.4, -0.2) is 51.9 Å². The Morgan fingerprint density at radius 3 is 2.33 bits per heavy atom. The third kappa shape index (κ3) is 5.48. The fourth-order valence-electron chi connectivity index (χ4n) is 4.90. The number of thiophene rings is 1. The molecule has 0 saturated heterocycles. The lowest BCUT2D eigenvalue weighted by Crippen LogP contribution is -2.47. The summed E-state index contributed by atoms with van der Waals surface area (Å²) in [5.41, 5.74) is 0.987. The molecule has 4 rings (SSSR count). The lowest BCUT2D eigenvalue weighted by atomic mass is 9.91. The molecule has 0 spiro atoms. The first kappa shape index (κ1) is 23.5. The van der Waals surface area contributed by atoms with Crippen LogP contribution >= 0.6 is 11.3 Å². The molecule has 0 bridgehead atoms. The van der Waals surface area contributed by atoms with E-state index in [0.717, 1.165) is 64.4 Å². The van der Waals surface area contributed by atoms with E-state index < -0.39 is 12.0 Å². The Balaban J connectivity index is 1.32. The van der Waals surface area contributed by atoms with E-state index in [1.165, 1.54) is 44.6 Å². The van der Waals surface area contributed by atoms with Gasteiger partial charge in [-0.3, -0.25) is 14.3 Å². The van der Waals surface area contributed by atoms with E-state index in [1.807, 2.05) is 13.0 Å². The van der Waals surface area contributed by atoms with Crippen LogP contribution < -0.4 is 10.6 Å². The molecule has 2 heterocycles. The summed E-state index contributed by atoms with van der Waals surface area (Å²) in [5.74, 6) is -0.574. The third-order valence-corrected chi connectivity index (χ3v) is 7.78. The van der Waals surface area contributed by atoms with Crippen LogP contribution in [0.2, 0.25) is 0 Å². The Hall–Kier alpha value is -2.62. The van der Waals surface area contributed by atoms with Gasteiger partial charge in [-0.15, -0.1) is 11.3 Å². The summed E-state index contributed by atoms with van der Waals surface area (Å²) in [5, 5.41) is 12.8. The number of nitrogens with zero attached hydrogens (tertiary/aromatic N) is 3. The second-order valence-corrected chi connectivity index (χ2v) is 10.2. The molecule has 2 aliphatic carbocycles. The molecule has 2 fully saturated rings. The van der Waals surface area contributed by atoms with Gasteiger partial charge in [0.2, 0.25) is 0 Å². The number of nitrogens with one attached hydrogen (secondary N) is 2. The van der Waals surface area contributed by atoms with Gasteiger partial charge in [-0.1, -0.05) is 19.3 Å². The van der Waals surface area contributed by atoms with Crippen LogP contribution in [0.4, 0.5) is 4.79 Å². The first-order valence-corrected chi connectivity index (χ1v) is 12.7. The van der Waals surface area contributed by atoms with E-state index in [4.69, 9.17) is 9.94 Å². The molecule has 0 radical (unpaired) electrons. The van der Waals surface area contributed by atoms with Crippen molar-refractivity contribution in [3.8, 4) is 0 Å². The van der Waals surface area contributed by atoms with Crippen LogP contribution in [0.1, 0.15) is 86.1 Å². The van der Waals surface area contributed by atoms with Crippen molar-refractivity contribution in [3.63, 3.8) is 0 Å². The maximum atomic E-state index is 13.0. The average molecular weight is 476 g/mol. The topological polar surface area (TPSA) is 106 Å². The van der Waals surface area contributed by atoms with Crippen LogP contribution in [0.25, 0.3) is 10.2 Å². The van der Waals surface area contributed by atoms with Crippen LogP contribution in [0.15, 0.2) is 6.07 Å². The molecule has 10 heteroatoms. The largest absolute Gasteiger partial charge is 0.350 e. The monoisotopic (exact) mass is 475 g/mol. The second-order valence-electron chi connectivity index (χ2n) is 9.20. The van der Waals surface area contributed by atoms with E-state index in [9.17, 15) is 14.4 Å². The molecule has 2 N–H and O–H groups in total. The van der Waals surface area contributed by atoms with Crippen molar-refractivity contribution in [1.29, 1.82) is 0 Å². The number of aromatic nitrogens is 2. The number of hydroxylamine groups is 2. The highest BCUT2D eigenvalue weighted by Gasteiger charge is 2.27. The van der Waals surface area contributed by atoms with E-state index in [0.29, 0.717) is 6.04 Å². The van der Waals surface area contributed by atoms with Crippen molar-refractivity contribution in [2.24, 2.45) is 0 Å². The molecule has 2 saturated carbocycles. The summed E-state index contributed by atoms with van der Waals surface area (Å²) in [7, 11) is 1.41. The number of carbonyl (C=O) groups is 3. The minimum absolute atomic E-state index is 0.00267. The highest BCUT2D eigenvalue weighted by atomic mass is 32.1. The number of hydrogen-bond donors (Lipinski definition) is 2. The number of urea groups is 1. The van der Waals surface area contributed by atoms with E-state index in [2.05, 4.69) is 15.3 Å². The number of aryl methyl sites for hydroxylation is 1. The predicted octanol–water partition coefficient (Wildman–Crippen LogP) is 4.07. The van der Waals surface area contributed by atoms with Crippen LogP contribution in [0.3, 0.4) is 0 Å². The van der Waals surface area contributed by atoms with E-state index in [-0.39, 0.29) is 18.0 Å². The second kappa shape index (κ2) is 10.1. The molecule has 0 unspecified atom stereocenters. The van der Waals surface area contributed by atoms with E-state index in [1.54, 1.807) is 0 Å². The van der Waals surface area contributed by atoms with Gasteiger partial charge in [-0.25, -0.2) is 4.79 Å². The molecule has 2 aromatic rings. The molecule has 9 nitrogen and oxygen atoms in total. The normalized spacial score (nSPS) is 21.5. The van der Waals surface area contributed by atoms with Gasteiger partial charge in [0, 0.05) is 24.4 Å². The van der Waals surface area contributed by atoms with Crippen molar-refractivity contribution < 1.29 is 19.2 Å². The Bertz CT molecular complexity index is 1020. The molecule has 180 valence electrons. The van der Waals surface area contributed by atoms with Crippen LogP contribution in [-0.2, 0) is 9.63 Å². The van der Waals surface area contributed by atoms with Crippen molar-refractivity contribution in [2.75, 3.05) is 7.05 Å². The maximum absolute atomic E-state index is 13.0. The highest BCUT2D eigenvalue weighted by Crippen LogP contribution is 2.35. The fraction of sp³-hybridized carbons (Fsp3) is 0.652. The summed E-state index contributed by atoms with van der Waals surface area (Å²) in [6.45, 7) is 3.27. The number of hydrogen-bond acceptors (Lipinski definition) is 6. The Morgan fingerprint density at radius 1 is 1.06 bits per heavy atom. The van der Waals surface area contributed by atoms with Crippen molar-refractivity contribution in [2.45, 2.75) is 89.8 Å². The number of carbonyl (C=O) groups excluding carboxylic acids is 3. The predicted molar refractivity (Wildman–Crippen MR) is 126 cm³/mol.